The minimum Gasteiger partial charge on any atom is -0.480 e. The maximum absolute atomic E-state index is 11.2. The van der Waals surface area contributed by atoms with Crippen molar-refractivity contribution in [2.24, 2.45) is 0 Å². The fourth-order valence-electron chi connectivity index (χ4n) is 2.38. The molecule has 1 aliphatic heterocycles. The zero-order valence-electron chi connectivity index (χ0n) is 11.4. The summed E-state index contributed by atoms with van der Waals surface area (Å²) in [5.74, 6) is -0.795. The van der Waals surface area contributed by atoms with Crippen molar-refractivity contribution in [1.82, 2.24) is 15.1 Å². The van der Waals surface area contributed by atoms with E-state index in [4.69, 9.17) is 0 Å². The Hall–Kier alpha value is -0.650. The summed E-state index contributed by atoms with van der Waals surface area (Å²) in [6.45, 7) is 4.43. The predicted octanol–water partition coefficient (Wildman–Crippen LogP) is 0.0751. The van der Waals surface area contributed by atoms with Crippen LogP contribution in [0.3, 0.4) is 0 Å². The first-order chi connectivity index (χ1) is 7.89. The minimum absolute atomic E-state index is 0.459. The van der Waals surface area contributed by atoms with Crippen LogP contribution in [0, 0.1) is 0 Å². The molecule has 1 fully saturated rings. The largest absolute Gasteiger partial charge is 0.480 e. The molecule has 0 radical (unpaired) electrons. The van der Waals surface area contributed by atoms with Gasteiger partial charge in [-0.25, -0.2) is 0 Å². The van der Waals surface area contributed by atoms with Gasteiger partial charge in [-0.1, -0.05) is 0 Å². The van der Waals surface area contributed by atoms with Gasteiger partial charge in [-0.15, -0.1) is 0 Å². The molecule has 100 valence electrons. The second-order valence-electron chi connectivity index (χ2n) is 5.36. The van der Waals surface area contributed by atoms with Crippen LogP contribution in [0.1, 0.15) is 19.8 Å². The van der Waals surface area contributed by atoms with Crippen LogP contribution in [0.4, 0.5) is 0 Å². The Labute approximate surface area is 104 Å². The highest BCUT2D eigenvalue weighted by molar-refractivity contribution is 5.78. The zero-order valence-corrected chi connectivity index (χ0v) is 11.4. The molecule has 0 amide bonds. The molecule has 0 aromatic rings. The van der Waals surface area contributed by atoms with Crippen molar-refractivity contribution >= 4 is 5.97 Å². The van der Waals surface area contributed by atoms with Gasteiger partial charge in [0, 0.05) is 19.1 Å². The van der Waals surface area contributed by atoms with Crippen molar-refractivity contribution in [2.75, 3.05) is 40.8 Å². The smallest absolute Gasteiger partial charge is 0.324 e. The van der Waals surface area contributed by atoms with E-state index in [9.17, 15) is 9.90 Å². The third-order valence-corrected chi connectivity index (χ3v) is 3.81. The third-order valence-electron chi connectivity index (χ3n) is 3.81. The third kappa shape index (κ3) is 3.66. The normalized spacial score (nSPS) is 25.8. The Kier molecular flexibility index (Phi) is 4.91. The summed E-state index contributed by atoms with van der Waals surface area (Å²) in [6, 6.07) is 0.459. The molecule has 1 saturated heterocycles. The van der Waals surface area contributed by atoms with Crippen LogP contribution in [0.15, 0.2) is 0 Å². The second kappa shape index (κ2) is 5.80. The highest BCUT2D eigenvalue weighted by Crippen LogP contribution is 2.16. The van der Waals surface area contributed by atoms with E-state index < -0.39 is 11.5 Å². The van der Waals surface area contributed by atoms with Gasteiger partial charge in [0.15, 0.2) is 0 Å². The summed E-state index contributed by atoms with van der Waals surface area (Å²) in [5, 5.41) is 12.1. The molecule has 2 atom stereocenters. The molecule has 2 N–H and O–H groups in total. The molecule has 0 aromatic carbocycles. The zero-order chi connectivity index (χ0) is 13.1. The number of likely N-dealkylation sites (tertiary alicyclic amines) is 1. The van der Waals surface area contributed by atoms with Gasteiger partial charge in [-0.3, -0.25) is 9.69 Å². The van der Waals surface area contributed by atoms with Crippen LogP contribution in [-0.2, 0) is 4.79 Å². The molecular formula is C12H25N3O2. The number of likely N-dealkylation sites (N-methyl/N-ethyl adjacent to an activating group) is 3. The summed E-state index contributed by atoms with van der Waals surface area (Å²) in [6.07, 6.45) is 2.34. The lowest BCUT2D eigenvalue weighted by atomic mass is 9.99. The fourth-order valence-corrected chi connectivity index (χ4v) is 2.38. The maximum Gasteiger partial charge on any atom is 0.324 e. The number of carboxylic acids is 1. The lowest BCUT2D eigenvalue weighted by molar-refractivity contribution is -0.145. The van der Waals surface area contributed by atoms with Crippen molar-refractivity contribution < 1.29 is 9.90 Å². The topological polar surface area (TPSA) is 55.8 Å². The van der Waals surface area contributed by atoms with Crippen LogP contribution in [0.5, 0.6) is 0 Å². The van der Waals surface area contributed by atoms with E-state index in [0.717, 1.165) is 19.5 Å². The first-order valence-electron chi connectivity index (χ1n) is 6.20. The lowest BCUT2D eigenvalue weighted by Crippen LogP contribution is -2.58. The van der Waals surface area contributed by atoms with E-state index in [1.54, 1.807) is 14.0 Å². The SMILES string of the molecule is CNC(C)(CN(C)C1CCCN(C)C1)C(=O)O. The molecule has 1 heterocycles. The fraction of sp³-hybridized carbons (Fsp3) is 0.917. The van der Waals surface area contributed by atoms with E-state index in [-0.39, 0.29) is 0 Å². The van der Waals surface area contributed by atoms with E-state index in [1.165, 1.54) is 6.42 Å². The quantitative estimate of drug-likeness (QED) is 0.716. The van der Waals surface area contributed by atoms with Crippen LogP contribution >= 0.6 is 0 Å². The number of hydrogen-bond donors (Lipinski definition) is 2. The van der Waals surface area contributed by atoms with Crippen LogP contribution in [0.2, 0.25) is 0 Å². The average molecular weight is 243 g/mol. The number of carbonyl (C=O) groups is 1. The monoisotopic (exact) mass is 243 g/mol. The summed E-state index contributed by atoms with van der Waals surface area (Å²) < 4.78 is 0. The summed E-state index contributed by atoms with van der Waals surface area (Å²) in [4.78, 5) is 15.7. The van der Waals surface area contributed by atoms with Crippen molar-refractivity contribution in [2.45, 2.75) is 31.3 Å². The Morgan fingerprint density at radius 3 is 2.76 bits per heavy atom. The van der Waals surface area contributed by atoms with Gasteiger partial charge in [-0.05, 0) is 47.5 Å². The van der Waals surface area contributed by atoms with Crippen LogP contribution in [0.25, 0.3) is 0 Å². The van der Waals surface area contributed by atoms with Crippen LogP contribution < -0.4 is 5.32 Å². The molecule has 5 nitrogen and oxygen atoms in total. The molecule has 2 unspecified atom stereocenters. The number of carboxylic acid groups (broad SMARTS) is 1. The first-order valence-corrected chi connectivity index (χ1v) is 6.20. The Morgan fingerprint density at radius 1 is 1.65 bits per heavy atom. The van der Waals surface area contributed by atoms with Gasteiger partial charge in [-0.2, -0.15) is 0 Å². The lowest BCUT2D eigenvalue weighted by Gasteiger charge is -2.39. The Morgan fingerprint density at radius 2 is 2.29 bits per heavy atom. The van der Waals surface area contributed by atoms with Crippen molar-refractivity contribution in [3.8, 4) is 0 Å². The number of rotatable bonds is 5. The molecule has 5 heteroatoms. The van der Waals surface area contributed by atoms with Gasteiger partial charge >= 0.3 is 5.97 Å². The van der Waals surface area contributed by atoms with E-state index >= 15 is 0 Å². The van der Waals surface area contributed by atoms with Crippen molar-refractivity contribution in [3.63, 3.8) is 0 Å². The highest BCUT2D eigenvalue weighted by atomic mass is 16.4. The summed E-state index contributed by atoms with van der Waals surface area (Å²) in [7, 11) is 5.84. The molecule has 0 saturated carbocycles. The Bertz CT molecular complexity index is 272. The summed E-state index contributed by atoms with van der Waals surface area (Å²) >= 11 is 0. The number of hydrogen-bond acceptors (Lipinski definition) is 4. The number of aliphatic carboxylic acids is 1. The number of nitrogens with zero attached hydrogens (tertiary/aromatic N) is 2. The molecule has 0 aromatic heterocycles. The molecule has 0 spiro atoms. The molecular weight excluding hydrogens is 218 g/mol. The molecule has 17 heavy (non-hydrogen) atoms. The predicted molar refractivity (Wildman–Crippen MR) is 68.2 cm³/mol. The van der Waals surface area contributed by atoms with Gasteiger partial charge in [0.25, 0.3) is 0 Å². The standard InChI is InChI=1S/C12H25N3O2/c1-12(13-2,11(16)17)9-15(4)10-6-5-7-14(3)8-10/h10,13H,5-9H2,1-4H3,(H,16,17). The van der Waals surface area contributed by atoms with Crippen molar-refractivity contribution in [1.29, 1.82) is 0 Å². The molecule has 1 aliphatic rings. The Balaban J connectivity index is 2.58. The molecule has 0 bridgehead atoms. The van der Waals surface area contributed by atoms with Crippen LogP contribution in [-0.4, -0.2) is 73.2 Å². The number of piperidine rings is 1. The first kappa shape index (κ1) is 14.4. The van der Waals surface area contributed by atoms with Gasteiger partial charge < -0.3 is 15.3 Å². The van der Waals surface area contributed by atoms with E-state index in [2.05, 4.69) is 22.2 Å². The van der Waals surface area contributed by atoms with E-state index in [1.807, 2.05) is 7.05 Å². The second-order valence-corrected chi connectivity index (χ2v) is 5.36. The average Bonchev–Trinajstić information content (AvgIpc) is 2.28. The van der Waals surface area contributed by atoms with Gasteiger partial charge in [0.1, 0.15) is 5.54 Å². The van der Waals surface area contributed by atoms with Crippen molar-refractivity contribution in [3.05, 3.63) is 0 Å². The van der Waals surface area contributed by atoms with Gasteiger partial charge in [0.05, 0.1) is 0 Å². The molecule has 1 rings (SSSR count). The maximum atomic E-state index is 11.2. The highest BCUT2D eigenvalue weighted by Gasteiger charge is 2.34. The minimum atomic E-state index is -0.870. The molecule has 0 aliphatic carbocycles. The van der Waals surface area contributed by atoms with E-state index in [0.29, 0.717) is 12.6 Å². The number of nitrogens with one attached hydrogen (secondary N) is 1. The van der Waals surface area contributed by atoms with Gasteiger partial charge in [0.2, 0.25) is 0 Å². The summed E-state index contributed by atoms with van der Waals surface area (Å²) in [5.41, 5.74) is -0.870.